The van der Waals surface area contributed by atoms with E-state index in [1.54, 1.807) is 5.32 Å². The maximum Gasteiger partial charge on any atom is 0.471 e. The lowest BCUT2D eigenvalue weighted by molar-refractivity contribution is -0.167. The van der Waals surface area contributed by atoms with Gasteiger partial charge >= 0.3 is 12.1 Å². The van der Waals surface area contributed by atoms with Gasteiger partial charge in [-0.1, -0.05) is 0 Å². The Bertz CT molecular complexity index is 639. The van der Waals surface area contributed by atoms with Crippen molar-refractivity contribution in [3.05, 3.63) is 26.6 Å². The summed E-state index contributed by atoms with van der Waals surface area (Å²) >= 11 is 5.99. The molecule has 0 atom stereocenters. The van der Waals surface area contributed by atoms with Crippen molar-refractivity contribution in [3.63, 3.8) is 0 Å². The minimum absolute atomic E-state index is 0.121. The second-order valence-corrected chi connectivity index (χ2v) is 7.48. The van der Waals surface area contributed by atoms with Gasteiger partial charge in [-0.3, -0.25) is 4.79 Å². The molecule has 0 aromatic heterocycles. The van der Waals surface area contributed by atoms with E-state index in [9.17, 15) is 26.4 Å². The molecule has 0 heterocycles. The van der Waals surface area contributed by atoms with Crippen LogP contribution in [0.4, 0.5) is 18.9 Å². The quantitative estimate of drug-likeness (QED) is 0.736. The largest absolute Gasteiger partial charge is 0.471 e. The molecule has 0 fully saturated rings. The molecular formula is C10H9Br2F3N2O3S. The molecule has 11 heteroatoms. The summed E-state index contributed by atoms with van der Waals surface area (Å²) < 4.78 is 61.9. The second kappa shape index (κ2) is 6.63. The summed E-state index contributed by atoms with van der Waals surface area (Å²) in [6.45, 7) is 0. The SMILES string of the molecule is CNS(=O)(=O)Cc1cc(Br)c(NC(=O)C(F)(F)F)c(Br)c1. The third-order valence-electron chi connectivity index (χ3n) is 2.27. The van der Waals surface area contributed by atoms with Gasteiger partial charge in [0.1, 0.15) is 0 Å². The number of carbonyl (C=O) groups is 1. The van der Waals surface area contributed by atoms with E-state index in [4.69, 9.17) is 0 Å². The number of benzene rings is 1. The van der Waals surface area contributed by atoms with E-state index in [2.05, 4.69) is 36.6 Å². The smallest absolute Gasteiger partial charge is 0.316 e. The van der Waals surface area contributed by atoms with Crippen molar-refractivity contribution in [2.24, 2.45) is 0 Å². The van der Waals surface area contributed by atoms with E-state index in [1.165, 1.54) is 19.2 Å². The van der Waals surface area contributed by atoms with Gasteiger partial charge in [-0.25, -0.2) is 13.1 Å². The molecule has 1 amide bonds. The first-order valence-corrected chi connectivity index (χ1v) is 8.47. The molecule has 0 radical (unpaired) electrons. The topological polar surface area (TPSA) is 75.3 Å². The second-order valence-electron chi connectivity index (χ2n) is 3.85. The average Bonchev–Trinajstić information content (AvgIpc) is 2.31. The third-order valence-corrected chi connectivity index (χ3v) is 4.85. The minimum atomic E-state index is -5.02. The Balaban J connectivity index is 3.09. The Labute approximate surface area is 135 Å². The van der Waals surface area contributed by atoms with Crippen molar-refractivity contribution >= 4 is 53.5 Å². The Morgan fingerprint density at radius 1 is 1.24 bits per heavy atom. The summed E-state index contributed by atoms with van der Waals surface area (Å²) in [5.74, 6) is -2.48. The summed E-state index contributed by atoms with van der Waals surface area (Å²) in [5, 5.41) is 1.70. The van der Waals surface area contributed by atoms with Crippen LogP contribution in [0.1, 0.15) is 5.56 Å². The lowest BCUT2D eigenvalue weighted by Gasteiger charge is -2.13. The number of anilines is 1. The van der Waals surface area contributed by atoms with Gasteiger partial charge in [0, 0.05) is 8.95 Å². The number of hydrogen-bond acceptors (Lipinski definition) is 3. The van der Waals surface area contributed by atoms with Crippen LogP contribution in [0.5, 0.6) is 0 Å². The number of amides is 1. The highest BCUT2D eigenvalue weighted by atomic mass is 79.9. The Kier molecular flexibility index (Phi) is 5.81. The minimum Gasteiger partial charge on any atom is -0.316 e. The molecule has 0 spiro atoms. The number of carbonyl (C=O) groups excluding carboxylic acids is 1. The van der Waals surface area contributed by atoms with Crippen LogP contribution in [0, 0.1) is 0 Å². The van der Waals surface area contributed by atoms with Gasteiger partial charge in [0.2, 0.25) is 10.0 Å². The molecule has 1 aromatic carbocycles. The molecule has 0 bridgehead atoms. The Morgan fingerprint density at radius 3 is 2.10 bits per heavy atom. The predicted octanol–water partition coefficient (Wildman–Crippen LogP) is 2.76. The van der Waals surface area contributed by atoms with Gasteiger partial charge < -0.3 is 5.32 Å². The average molecular weight is 454 g/mol. The highest BCUT2D eigenvalue weighted by Crippen LogP contribution is 2.34. The molecule has 0 saturated carbocycles. The summed E-state index contributed by atoms with van der Waals surface area (Å²) in [4.78, 5) is 10.9. The van der Waals surface area contributed by atoms with Gasteiger partial charge in [-0.15, -0.1) is 0 Å². The molecule has 0 aliphatic carbocycles. The lowest BCUT2D eigenvalue weighted by atomic mass is 10.2. The molecule has 0 aliphatic heterocycles. The monoisotopic (exact) mass is 452 g/mol. The van der Waals surface area contributed by atoms with Crippen molar-refractivity contribution in [2.45, 2.75) is 11.9 Å². The van der Waals surface area contributed by atoms with Crippen molar-refractivity contribution in [1.29, 1.82) is 0 Å². The zero-order chi connectivity index (χ0) is 16.4. The first kappa shape index (κ1) is 18.4. The van der Waals surface area contributed by atoms with Crippen LogP contribution >= 0.6 is 31.9 Å². The fourth-order valence-corrected chi connectivity index (χ4v) is 3.53. The van der Waals surface area contributed by atoms with E-state index in [0.29, 0.717) is 5.56 Å². The van der Waals surface area contributed by atoms with Crippen molar-refractivity contribution in [2.75, 3.05) is 12.4 Å². The number of alkyl halides is 3. The van der Waals surface area contributed by atoms with Crippen molar-refractivity contribution < 1.29 is 26.4 Å². The van der Waals surface area contributed by atoms with Crippen LogP contribution in [0.15, 0.2) is 21.1 Å². The van der Waals surface area contributed by atoms with Gasteiger partial charge in [-0.05, 0) is 56.6 Å². The Morgan fingerprint density at radius 2 is 1.71 bits per heavy atom. The number of halogens is 5. The van der Waals surface area contributed by atoms with E-state index >= 15 is 0 Å². The molecule has 0 aliphatic rings. The highest BCUT2D eigenvalue weighted by Gasteiger charge is 2.39. The zero-order valence-corrected chi connectivity index (χ0v) is 14.4. The van der Waals surface area contributed by atoms with Gasteiger partial charge in [-0.2, -0.15) is 13.2 Å². The van der Waals surface area contributed by atoms with Crippen LogP contribution in [0.3, 0.4) is 0 Å². The molecule has 1 rings (SSSR count). The summed E-state index contributed by atoms with van der Waals surface area (Å²) in [6, 6.07) is 2.62. The van der Waals surface area contributed by atoms with Gasteiger partial charge in [0.25, 0.3) is 0 Å². The number of sulfonamides is 1. The first-order valence-electron chi connectivity index (χ1n) is 5.23. The number of nitrogens with one attached hydrogen (secondary N) is 2. The molecule has 5 nitrogen and oxygen atoms in total. The Hall–Kier alpha value is -0.650. The van der Waals surface area contributed by atoms with E-state index in [-0.39, 0.29) is 20.4 Å². The van der Waals surface area contributed by atoms with Crippen LogP contribution in [0.25, 0.3) is 0 Å². The molecule has 1 aromatic rings. The van der Waals surface area contributed by atoms with Crippen LogP contribution in [-0.4, -0.2) is 27.5 Å². The fourth-order valence-electron chi connectivity index (χ4n) is 1.30. The van der Waals surface area contributed by atoms with E-state index in [0.717, 1.165) is 0 Å². The highest BCUT2D eigenvalue weighted by molar-refractivity contribution is 9.11. The number of rotatable bonds is 4. The first-order chi connectivity index (χ1) is 9.46. The third kappa shape index (κ3) is 5.24. The lowest BCUT2D eigenvalue weighted by Crippen LogP contribution is -2.30. The summed E-state index contributed by atoms with van der Waals surface area (Å²) in [5.41, 5.74) is 0.191. The molecule has 0 saturated heterocycles. The van der Waals surface area contributed by atoms with Gasteiger partial charge in [0.05, 0.1) is 11.4 Å². The molecular weight excluding hydrogens is 445 g/mol. The van der Waals surface area contributed by atoms with E-state index < -0.39 is 22.1 Å². The zero-order valence-electron chi connectivity index (χ0n) is 10.4. The molecule has 118 valence electrons. The standard InChI is InChI=1S/C10H9Br2F3N2O3S/c1-16-21(19,20)4-5-2-6(11)8(7(12)3-5)17-9(18)10(13,14)15/h2-3,16H,4H2,1H3,(H,17,18). The molecule has 0 unspecified atom stereocenters. The summed E-state index contributed by atoms with van der Waals surface area (Å²) in [6.07, 6.45) is -5.02. The van der Waals surface area contributed by atoms with Crippen LogP contribution in [-0.2, 0) is 20.6 Å². The van der Waals surface area contributed by atoms with Crippen molar-refractivity contribution in [3.8, 4) is 0 Å². The fraction of sp³-hybridized carbons (Fsp3) is 0.300. The number of hydrogen-bond donors (Lipinski definition) is 2. The molecule has 21 heavy (non-hydrogen) atoms. The summed E-state index contributed by atoms with van der Waals surface area (Å²) in [7, 11) is -2.28. The van der Waals surface area contributed by atoms with Crippen LogP contribution in [0.2, 0.25) is 0 Å². The molecule has 2 N–H and O–H groups in total. The maximum absolute atomic E-state index is 12.2. The van der Waals surface area contributed by atoms with Crippen LogP contribution < -0.4 is 10.0 Å². The maximum atomic E-state index is 12.2. The predicted molar refractivity (Wildman–Crippen MR) is 78.2 cm³/mol. The van der Waals surface area contributed by atoms with Crippen molar-refractivity contribution in [1.82, 2.24) is 4.72 Å². The normalized spacial score (nSPS) is 12.3. The van der Waals surface area contributed by atoms with E-state index in [1.807, 2.05) is 0 Å². The van der Waals surface area contributed by atoms with Gasteiger partial charge in [0.15, 0.2) is 0 Å².